The Morgan fingerprint density at radius 1 is 1.33 bits per heavy atom. The molecule has 0 aliphatic heterocycles. The Morgan fingerprint density at radius 2 is 2.00 bits per heavy atom. The van der Waals surface area contributed by atoms with E-state index >= 15 is 0 Å². The number of amides is 1. The monoisotopic (exact) mass is 291 g/mol. The Morgan fingerprint density at radius 3 is 2.56 bits per heavy atom. The Labute approximate surface area is 116 Å². The van der Waals surface area contributed by atoms with Crippen molar-refractivity contribution in [2.75, 3.05) is 6.61 Å². The highest BCUT2D eigenvalue weighted by Crippen LogP contribution is 2.27. The number of rotatable bonds is 4. The summed E-state index contributed by atoms with van der Waals surface area (Å²) in [6.45, 7) is 5.29. The molecular formula is C12H15Cl2NO3. The number of halogens is 2. The van der Waals surface area contributed by atoms with Gasteiger partial charge in [0.25, 0.3) is 5.91 Å². The summed E-state index contributed by atoms with van der Waals surface area (Å²) in [5.74, 6) is 0.00270. The first kappa shape index (κ1) is 15.1. The highest BCUT2D eigenvalue weighted by Gasteiger charge is 2.13. The van der Waals surface area contributed by atoms with Gasteiger partial charge in [0.05, 0.1) is 10.6 Å². The van der Waals surface area contributed by atoms with Gasteiger partial charge in [-0.1, -0.05) is 23.2 Å². The normalized spacial score (nSPS) is 11.2. The van der Waals surface area contributed by atoms with Crippen LogP contribution in [0.2, 0.25) is 10.0 Å². The molecule has 0 aromatic heterocycles. The smallest absolute Gasteiger partial charge is 0.281 e. The van der Waals surface area contributed by atoms with Gasteiger partial charge in [0.1, 0.15) is 5.75 Å². The highest BCUT2D eigenvalue weighted by molar-refractivity contribution is 6.35. The van der Waals surface area contributed by atoms with E-state index in [2.05, 4.69) is 5.48 Å². The second kappa shape index (κ2) is 6.27. The van der Waals surface area contributed by atoms with Gasteiger partial charge in [-0.3, -0.25) is 9.63 Å². The fraction of sp³-hybridized carbons (Fsp3) is 0.417. The van der Waals surface area contributed by atoms with Crippen molar-refractivity contribution < 1.29 is 14.4 Å². The second-order valence-corrected chi connectivity index (χ2v) is 5.45. The Balaban J connectivity index is 2.43. The van der Waals surface area contributed by atoms with Crippen molar-refractivity contribution in [2.45, 2.75) is 26.4 Å². The summed E-state index contributed by atoms with van der Waals surface area (Å²) >= 11 is 11.6. The molecule has 0 saturated carbocycles. The maximum atomic E-state index is 11.4. The van der Waals surface area contributed by atoms with Gasteiger partial charge in [0.15, 0.2) is 6.61 Å². The third-order valence-corrected chi connectivity index (χ3v) is 2.25. The summed E-state index contributed by atoms with van der Waals surface area (Å²) in [5, 5.41) is 0.861. The van der Waals surface area contributed by atoms with Crippen molar-refractivity contribution >= 4 is 29.1 Å². The molecule has 0 saturated heterocycles. The molecule has 0 bridgehead atoms. The lowest BCUT2D eigenvalue weighted by molar-refractivity contribution is -0.147. The molecule has 4 nitrogen and oxygen atoms in total. The molecule has 0 atom stereocenters. The summed E-state index contributed by atoms with van der Waals surface area (Å²) in [5.41, 5.74) is 1.84. The molecular weight excluding hydrogens is 277 g/mol. The number of hydrogen-bond acceptors (Lipinski definition) is 3. The third kappa shape index (κ3) is 5.58. The second-order valence-electron chi connectivity index (χ2n) is 4.60. The molecule has 0 unspecified atom stereocenters. The van der Waals surface area contributed by atoms with Crippen LogP contribution >= 0.6 is 23.2 Å². The lowest BCUT2D eigenvalue weighted by atomic mass is 10.2. The maximum Gasteiger partial charge on any atom is 0.281 e. The minimum atomic E-state index is -0.451. The van der Waals surface area contributed by atoms with E-state index in [9.17, 15) is 4.79 Å². The summed E-state index contributed by atoms with van der Waals surface area (Å²) in [7, 11) is 0. The molecule has 1 aromatic rings. The number of ether oxygens (including phenoxy) is 1. The van der Waals surface area contributed by atoms with Crippen molar-refractivity contribution in [3.05, 3.63) is 28.2 Å². The van der Waals surface area contributed by atoms with Gasteiger partial charge in [-0.15, -0.1) is 0 Å². The first-order chi connectivity index (χ1) is 8.28. The zero-order chi connectivity index (χ0) is 13.8. The molecule has 0 radical (unpaired) electrons. The van der Waals surface area contributed by atoms with E-state index in [-0.39, 0.29) is 6.61 Å². The predicted octanol–water partition coefficient (Wildman–Crippen LogP) is 3.22. The molecule has 1 aromatic carbocycles. The molecule has 0 aliphatic carbocycles. The van der Waals surface area contributed by atoms with Crippen LogP contribution in [0, 0.1) is 0 Å². The zero-order valence-electron chi connectivity index (χ0n) is 10.4. The van der Waals surface area contributed by atoms with E-state index in [0.717, 1.165) is 0 Å². The lowest BCUT2D eigenvalue weighted by Crippen LogP contribution is -2.36. The minimum Gasteiger partial charge on any atom is -0.482 e. The summed E-state index contributed by atoms with van der Waals surface area (Å²) in [4.78, 5) is 16.5. The maximum absolute atomic E-state index is 11.4. The van der Waals surface area contributed by atoms with Crippen molar-refractivity contribution in [2.24, 2.45) is 0 Å². The van der Waals surface area contributed by atoms with Crippen molar-refractivity contribution in [1.29, 1.82) is 0 Å². The number of hydroxylamine groups is 1. The first-order valence-electron chi connectivity index (χ1n) is 5.32. The van der Waals surface area contributed by atoms with Crippen LogP contribution in [0.25, 0.3) is 0 Å². The third-order valence-electron chi connectivity index (χ3n) is 1.72. The van der Waals surface area contributed by atoms with Gasteiger partial charge in [0, 0.05) is 5.02 Å². The van der Waals surface area contributed by atoms with Crippen molar-refractivity contribution in [1.82, 2.24) is 5.48 Å². The molecule has 1 amide bonds. The van der Waals surface area contributed by atoms with E-state index in [1.165, 1.54) is 0 Å². The average Bonchev–Trinajstić information content (AvgIpc) is 2.24. The van der Waals surface area contributed by atoms with Gasteiger partial charge in [0.2, 0.25) is 0 Å². The zero-order valence-corrected chi connectivity index (χ0v) is 11.9. The molecule has 0 spiro atoms. The van der Waals surface area contributed by atoms with E-state index < -0.39 is 11.5 Å². The minimum absolute atomic E-state index is 0.183. The van der Waals surface area contributed by atoms with Crippen molar-refractivity contribution in [3.63, 3.8) is 0 Å². The Kier molecular flexibility index (Phi) is 5.26. The van der Waals surface area contributed by atoms with Gasteiger partial charge < -0.3 is 4.74 Å². The molecule has 0 heterocycles. The molecule has 0 fully saturated rings. The van der Waals surface area contributed by atoms with Gasteiger partial charge >= 0.3 is 0 Å². The van der Waals surface area contributed by atoms with Gasteiger partial charge in [-0.25, -0.2) is 5.48 Å². The van der Waals surface area contributed by atoms with Gasteiger partial charge in [-0.05, 0) is 39.0 Å². The lowest BCUT2D eigenvalue weighted by Gasteiger charge is -2.19. The van der Waals surface area contributed by atoms with E-state index in [0.29, 0.717) is 15.8 Å². The van der Waals surface area contributed by atoms with Crippen LogP contribution in [0.15, 0.2) is 18.2 Å². The number of hydrogen-bond donors (Lipinski definition) is 1. The van der Waals surface area contributed by atoms with E-state index in [1.54, 1.807) is 18.2 Å². The Hall–Kier alpha value is -0.970. The standard InChI is InChI=1S/C12H15Cl2NO3/c1-12(2,3)18-15-11(16)7-17-10-5-4-8(13)6-9(10)14/h4-6H,7H2,1-3H3,(H,15,16). The van der Waals surface area contributed by atoms with Crippen LogP contribution in [0.5, 0.6) is 5.75 Å². The number of carbonyl (C=O) groups is 1. The van der Waals surface area contributed by atoms with Crippen molar-refractivity contribution in [3.8, 4) is 5.75 Å². The SMILES string of the molecule is CC(C)(C)ONC(=O)COc1ccc(Cl)cc1Cl. The largest absolute Gasteiger partial charge is 0.482 e. The average molecular weight is 292 g/mol. The number of nitrogens with one attached hydrogen (secondary N) is 1. The molecule has 1 N–H and O–H groups in total. The first-order valence-corrected chi connectivity index (χ1v) is 6.08. The molecule has 6 heteroatoms. The Bertz CT molecular complexity index is 430. The van der Waals surface area contributed by atoms with Crippen LogP contribution in [0.4, 0.5) is 0 Å². The fourth-order valence-electron chi connectivity index (χ4n) is 0.975. The number of benzene rings is 1. The molecule has 100 valence electrons. The van der Waals surface area contributed by atoms with Crippen LogP contribution in [-0.2, 0) is 9.63 Å². The van der Waals surface area contributed by atoms with Crippen LogP contribution in [-0.4, -0.2) is 18.1 Å². The quantitative estimate of drug-likeness (QED) is 0.867. The summed E-state index contributed by atoms with van der Waals surface area (Å²) < 4.78 is 5.24. The topological polar surface area (TPSA) is 47.6 Å². The molecule has 0 aliphatic rings. The van der Waals surface area contributed by atoms with Crippen LogP contribution in [0.3, 0.4) is 0 Å². The van der Waals surface area contributed by atoms with E-state index in [4.69, 9.17) is 32.8 Å². The number of carbonyl (C=O) groups excluding carboxylic acids is 1. The summed E-state index contributed by atoms with van der Waals surface area (Å²) in [6, 6.07) is 4.77. The summed E-state index contributed by atoms with van der Waals surface area (Å²) in [6.07, 6.45) is 0. The molecule has 1 rings (SSSR count). The van der Waals surface area contributed by atoms with Crippen LogP contribution in [0.1, 0.15) is 20.8 Å². The highest BCUT2D eigenvalue weighted by atomic mass is 35.5. The molecule has 18 heavy (non-hydrogen) atoms. The predicted molar refractivity (Wildman–Crippen MR) is 70.9 cm³/mol. The van der Waals surface area contributed by atoms with Crippen LogP contribution < -0.4 is 10.2 Å². The fourth-order valence-corrected chi connectivity index (χ4v) is 1.44. The van der Waals surface area contributed by atoms with Gasteiger partial charge in [-0.2, -0.15) is 0 Å². The van der Waals surface area contributed by atoms with E-state index in [1.807, 2.05) is 20.8 Å².